The number of halogens is 3. The van der Waals surface area contributed by atoms with Gasteiger partial charge in [-0.05, 0) is 67.1 Å². The summed E-state index contributed by atoms with van der Waals surface area (Å²) in [5, 5.41) is 6.68. The van der Waals surface area contributed by atoms with Crippen molar-refractivity contribution >= 4 is 41.5 Å². The maximum atomic E-state index is 14.3. The van der Waals surface area contributed by atoms with Gasteiger partial charge in [0.15, 0.2) is 11.5 Å². The number of methoxy groups -OCH3 is 1. The lowest BCUT2D eigenvalue weighted by Gasteiger charge is -2.31. The number of nitrogens with one attached hydrogen (secondary N) is 2. The van der Waals surface area contributed by atoms with Crippen molar-refractivity contribution in [2.45, 2.75) is 65.2 Å². The Morgan fingerprint density at radius 1 is 0.943 bits per heavy atom. The van der Waals surface area contributed by atoms with Crippen LogP contribution in [-0.4, -0.2) is 51.3 Å². The third kappa shape index (κ3) is 11.7. The fourth-order valence-corrected chi connectivity index (χ4v) is 6.49. The van der Waals surface area contributed by atoms with Crippen molar-refractivity contribution in [3.63, 3.8) is 0 Å². The highest BCUT2D eigenvalue weighted by molar-refractivity contribution is 6.30. The Kier molecular flexibility index (Phi) is 15.5. The second-order valence-electron chi connectivity index (χ2n) is 14.2. The molecule has 0 spiro atoms. The summed E-state index contributed by atoms with van der Waals surface area (Å²) in [5.74, 6) is -0.239. The van der Waals surface area contributed by atoms with Gasteiger partial charge in [-0.3, -0.25) is 9.59 Å². The van der Waals surface area contributed by atoms with Gasteiger partial charge in [0.25, 0.3) is 5.91 Å². The molecule has 5 rings (SSSR count). The van der Waals surface area contributed by atoms with Crippen LogP contribution in [0.3, 0.4) is 0 Å². The second-order valence-corrected chi connectivity index (χ2v) is 14.6. The molecule has 0 saturated heterocycles. The maximum absolute atomic E-state index is 14.3. The van der Waals surface area contributed by atoms with Gasteiger partial charge in [-0.15, -0.1) is 12.4 Å². The number of hydrogen-bond acceptors (Lipinski definition) is 6. The molecule has 1 heterocycles. The van der Waals surface area contributed by atoms with E-state index in [1.165, 1.54) is 11.6 Å². The van der Waals surface area contributed by atoms with Crippen LogP contribution in [0.25, 0.3) is 0 Å². The van der Waals surface area contributed by atoms with Gasteiger partial charge in [-0.2, -0.15) is 0 Å². The molecule has 284 valence electrons. The zero-order valence-corrected chi connectivity index (χ0v) is 32.4. The number of amides is 2. The Hall–Kier alpha value is -4.15. The van der Waals surface area contributed by atoms with Gasteiger partial charge in [-0.1, -0.05) is 93.0 Å². The number of ether oxygens (including phenoxy) is 3. The van der Waals surface area contributed by atoms with E-state index in [9.17, 15) is 14.0 Å². The molecule has 8 nitrogen and oxygen atoms in total. The molecule has 53 heavy (non-hydrogen) atoms. The molecule has 0 fully saturated rings. The molecular formula is C42H50Cl2FN3O5. The molecule has 1 aliphatic heterocycles. The van der Waals surface area contributed by atoms with Gasteiger partial charge in [0.2, 0.25) is 5.91 Å². The Morgan fingerprint density at radius 2 is 1.70 bits per heavy atom. The molecule has 0 aliphatic carbocycles. The van der Waals surface area contributed by atoms with Crippen LogP contribution in [-0.2, 0) is 27.3 Å². The molecule has 0 saturated carbocycles. The molecule has 1 aliphatic rings. The topological polar surface area (TPSA) is 89.1 Å². The number of aryl methyl sites for hydroxylation is 1. The minimum absolute atomic E-state index is 0. The number of benzene rings is 4. The lowest BCUT2D eigenvalue weighted by atomic mass is 9.94. The summed E-state index contributed by atoms with van der Waals surface area (Å²) in [4.78, 5) is 29.4. The highest BCUT2D eigenvalue weighted by atomic mass is 35.5. The van der Waals surface area contributed by atoms with Crippen LogP contribution in [0.4, 0.5) is 10.1 Å². The Labute approximate surface area is 323 Å². The van der Waals surface area contributed by atoms with Crippen LogP contribution >= 0.6 is 24.0 Å². The zero-order chi connectivity index (χ0) is 37.1. The molecule has 2 amide bonds. The van der Waals surface area contributed by atoms with Gasteiger partial charge < -0.3 is 29.7 Å². The summed E-state index contributed by atoms with van der Waals surface area (Å²) in [6.07, 6.45) is 0.931. The van der Waals surface area contributed by atoms with Crippen LogP contribution in [0.5, 0.6) is 11.5 Å². The van der Waals surface area contributed by atoms with E-state index in [2.05, 4.69) is 34.9 Å². The number of rotatable bonds is 16. The van der Waals surface area contributed by atoms with E-state index in [1.807, 2.05) is 51.1 Å². The number of carbonyl (C=O) groups excluding carboxylic acids is 2. The van der Waals surface area contributed by atoms with Crippen molar-refractivity contribution in [3.8, 4) is 11.5 Å². The molecule has 0 radical (unpaired) electrons. The minimum atomic E-state index is -1.17. The lowest BCUT2D eigenvalue weighted by Crippen LogP contribution is -2.45. The molecule has 4 aromatic rings. The van der Waals surface area contributed by atoms with E-state index in [0.29, 0.717) is 58.6 Å². The summed E-state index contributed by atoms with van der Waals surface area (Å²) in [7, 11) is 1.57. The van der Waals surface area contributed by atoms with Crippen molar-refractivity contribution in [1.82, 2.24) is 10.6 Å². The summed E-state index contributed by atoms with van der Waals surface area (Å²) < 4.78 is 33.1. The third-order valence-electron chi connectivity index (χ3n) is 8.79. The molecular weight excluding hydrogens is 716 g/mol. The van der Waals surface area contributed by atoms with E-state index in [4.69, 9.17) is 25.8 Å². The minimum Gasteiger partial charge on any atom is -0.492 e. The van der Waals surface area contributed by atoms with Gasteiger partial charge in [0, 0.05) is 47.0 Å². The first-order valence-corrected chi connectivity index (χ1v) is 18.2. The number of carbonyl (C=O) groups is 2. The van der Waals surface area contributed by atoms with Gasteiger partial charge >= 0.3 is 0 Å². The second kappa shape index (κ2) is 19.8. The molecule has 2 N–H and O–H groups in total. The lowest BCUT2D eigenvalue weighted by molar-refractivity contribution is -0.138. The number of anilines is 1. The van der Waals surface area contributed by atoms with E-state index in [1.54, 1.807) is 42.3 Å². The van der Waals surface area contributed by atoms with Crippen LogP contribution in [0.1, 0.15) is 68.4 Å². The fourth-order valence-electron chi connectivity index (χ4n) is 6.31. The fraction of sp³-hybridized carbons (Fsp3) is 0.381. The summed E-state index contributed by atoms with van der Waals surface area (Å²) in [6.45, 7) is 8.41. The SMILES string of the molecule is COc1c(OCCNCCCCc2ccccc2)cccc1[C@H]1O[C@H](CC(=O)NCc2ccccc2F)C(=O)N(CC(C)(C)C)c2ccc(Cl)cc21.Cl. The first kappa shape index (κ1) is 41.6. The highest BCUT2D eigenvalue weighted by Crippen LogP contribution is 2.45. The van der Waals surface area contributed by atoms with Gasteiger partial charge in [0.1, 0.15) is 24.6 Å². The number of unbranched alkanes of at least 4 members (excludes halogenated alkanes) is 1. The quantitative estimate of drug-likeness (QED) is 0.111. The standard InChI is InChI=1S/C42H49ClFN3O5.ClH/c1-42(2,3)28-47-35-21-20-31(43)25-33(35)39(52-37(41(47)49)26-38(48)46-27-30-16-8-9-18-34(30)44)32-17-12-19-36(40(32)50-4)51-24-23-45-22-11-10-15-29-13-6-5-7-14-29;/h5-9,12-14,16-21,25,37,39,45H,10-11,15,22-24,26-28H2,1-4H3,(H,46,48);1H/t37-,39-;/m1./s1. The predicted molar refractivity (Wildman–Crippen MR) is 211 cm³/mol. The van der Waals surface area contributed by atoms with Crippen molar-refractivity contribution in [3.05, 3.63) is 124 Å². The van der Waals surface area contributed by atoms with E-state index < -0.39 is 23.9 Å². The highest BCUT2D eigenvalue weighted by Gasteiger charge is 2.40. The Bertz CT molecular complexity index is 1800. The van der Waals surface area contributed by atoms with E-state index in [0.717, 1.165) is 25.8 Å². The summed E-state index contributed by atoms with van der Waals surface area (Å²) in [5.41, 5.74) is 3.32. The Balaban J connectivity index is 0.00000627. The first-order chi connectivity index (χ1) is 25.0. The molecule has 0 bridgehead atoms. The van der Waals surface area contributed by atoms with Crippen LogP contribution < -0.4 is 25.0 Å². The zero-order valence-electron chi connectivity index (χ0n) is 30.8. The summed E-state index contributed by atoms with van der Waals surface area (Å²) in [6, 6.07) is 27.6. The molecule has 2 atom stereocenters. The van der Waals surface area contributed by atoms with Gasteiger partial charge in [-0.25, -0.2) is 4.39 Å². The summed E-state index contributed by atoms with van der Waals surface area (Å²) >= 11 is 6.58. The van der Waals surface area contributed by atoms with E-state index in [-0.39, 0.29) is 36.7 Å². The van der Waals surface area contributed by atoms with E-state index >= 15 is 0 Å². The average Bonchev–Trinajstić information content (AvgIpc) is 3.22. The number of hydrogen-bond donors (Lipinski definition) is 2. The molecule has 0 unspecified atom stereocenters. The van der Waals surface area contributed by atoms with Gasteiger partial charge in [0.05, 0.1) is 13.5 Å². The number of fused-ring (bicyclic) bond motifs is 1. The molecule has 0 aromatic heterocycles. The maximum Gasteiger partial charge on any atom is 0.256 e. The van der Waals surface area contributed by atoms with Crippen LogP contribution in [0.2, 0.25) is 5.02 Å². The average molecular weight is 767 g/mol. The van der Waals surface area contributed by atoms with Crippen molar-refractivity contribution in [1.29, 1.82) is 0 Å². The number of para-hydroxylation sites is 1. The van der Waals surface area contributed by atoms with Crippen molar-refractivity contribution < 1.29 is 28.2 Å². The molecule has 11 heteroatoms. The first-order valence-electron chi connectivity index (χ1n) is 17.8. The third-order valence-corrected chi connectivity index (χ3v) is 9.02. The van der Waals surface area contributed by atoms with Crippen molar-refractivity contribution in [2.75, 3.05) is 38.3 Å². The smallest absolute Gasteiger partial charge is 0.256 e. The van der Waals surface area contributed by atoms with Crippen LogP contribution in [0, 0.1) is 11.2 Å². The predicted octanol–water partition coefficient (Wildman–Crippen LogP) is 8.47. The van der Waals surface area contributed by atoms with Crippen LogP contribution in [0.15, 0.2) is 91.0 Å². The number of nitrogens with zero attached hydrogens (tertiary/aromatic N) is 1. The monoisotopic (exact) mass is 765 g/mol. The molecule has 4 aromatic carbocycles. The van der Waals surface area contributed by atoms with Crippen molar-refractivity contribution in [2.24, 2.45) is 5.41 Å². The normalized spacial score (nSPS) is 15.6. The Morgan fingerprint density at radius 3 is 2.43 bits per heavy atom. The largest absolute Gasteiger partial charge is 0.492 e.